The van der Waals surface area contributed by atoms with Gasteiger partial charge in [-0.05, 0) is 19.1 Å². The summed E-state index contributed by atoms with van der Waals surface area (Å²) in [6, 6.07) is 0. The molecular weight excluding hydrogens is 260 g/mol. The minimum Gasteiger partial charge on any atom is -0.501 e. The lowest BCUT2D eigenvalue weighted by Crippen LogP contribution is -2.13. The standard InChI is InChI=1S/C14H16N2O2S/c1-10-4-6-18-5-2-3-11(7-10)14-16-12(9-19-14)8-13(15)17/h2-3,5,7,9H,4,6,8H2,1H3,(H2,15,17)/b5-2+,10-7+,11-3+. The van der Waals surface area contributed by atoms with Gasteiger partial charge in [0.05, 0.1) is 25.0 Å². The normalized spacial score (nSPS) is 22.8. The van der Waals surface area contributed by atoms with E-state index < -0.39 is 0 Å². The number of hydrogen-bond donors (Lipinski definition) is 1. The fourth-order valence-electron chi connectivity index (χ4n) is 1.70. The molecule has 1 aliphatic rings. The predicted octanol–water partition coefficient (Wildman–Crippen LogP) is 2.43. The Balaban J connectivity index is 2.26. The molecule has 2 heterocycles. The molecule has 4 nitrogen and oxygen atoms in total. The maximum atomic E-state index is 10.9. The van der Waals surface area contributed by atoms with Crippen molar-refractivity contribution in [1.29, 1.82) is 0 Å². The van der Waals surface area contributed by atoms with Gasteiger partial charge >= 0.3 is 0 Å². The maximum absolute atomic E-state index is 10.9. The number of aromatic nitrogens is 1. The summed E-state index contributed by atoms with van der Waals surface area (Å²) in [6.07, 6.45) is 8.68. The molecule has 0 atom stereocenters. The van der Waals surface area contributed by atoms with E-state index in [0.717, 1.165) is 22.7 Å². The molecule has 1 aromatic rings. The molecule has 0 bridgehead atoms. The molecule has 2 N–H and O–H groups in total. The fourth-order valence-corrected chi connectivity index (χ4v) is 2.52. The van der Waals surface area contributed by atoms with Gasteiger partial charge in [0.2, 0.25) is 5.91 Å². The number of primary amides is 1. The van der Waals surface area contributed by atoms with E-state index in [1.807, 2.05) is 17.5 Å². The van der Waals surface area contributed by atoms with E-state index in [1.165, 1.54) is 16.9 Å². The van der Waals surface area contributed by atoms with Crippen molar-refractivity contribution >= 4 is 22.8 Å². The number of carbonyl (C=O) groups excluding carboxylic acids is 1. The molecule has 2 rings (SSSR count). The fraction of sp³-hybridized carbons (Fsp3) is 0.286. The summed E-state index contributed by atoms with van der Waals surface area (Å²) < 4.78 is 5.32. The van der Waals surface area contributed by atoms with Crippen LogP contribution in [0, 0.1) is 0 Å². The molecular formula is C14H16N2O2S. The lowest BCUT2D eigenvalue weighted by atomic mass is 10.1. The Morgan fingerprint density at radius 3 is 3.21 bits per heavy atom. The minimum absolute atomic E-state index is 0.186. The summed E-state index contributed by atoms with van der Waals surface area (Å²) in [4.78, 5) is 15.3. The molecule has 0 fully saturated rings. The molecule has 0 spiro atoms. The van der Waals surface area contributed by atoms with Crippen LogP contribution >= 0.6 is 11.3 Å². The van der Waals surface area contributed by atoms with Gasteiger partial charge in [-0.3, -0.25) is 4.79 Å². The average molecular weight is 276 g/mol. The number of amides is 1. The van der Waals surface area contributed by atoms with Crippen LogP contribution < -0.4 is 5.73 Å². The average Bonchev–Trinajstić information content (AvgIpc) is 2.81. The van der Waals surface area contributed by atoms with Crippen LogP contribution in [0.3, 0.4) is 0 Å². The number of nitrogens with zero attached hydrogens (tertiary/aromatic N) is 1. The Morgan fingerprint density at radius 1 is 1.58 bits per heavy atom. The van der Waals surface area contributed by atoms with E-state index in [-0.39, 0.29) is 12.3 Å². The van der Waals surface area contributed by atoms with E-state index in [2.05, 4.69) is 18.0 Å². The van der Waals surface area contributed by atoms with Crippen molar-refractivity contribution in [2.45, 2.75) is 19.8 Å². The van der Waals surface area contributed by atoms with Crippen LogP contribution in [0.2, 0.25) is 0 Å². The highest BCUT2D eigenvalue weighted by Crippen LogP contribution is 2.23. The van der Waals surface area contributed by atoms with Gasteiger partial charge in [0, 0.05) is 17.4 Å². The van der Waals surface area contributed by atoms with Crippen molar-refractivity contribution in [2.75, 3.05) is 6.61 Å². The molecule has 1 aromatic heterocycles. The third kappa shape index (κ3) is 4.06. The SMILES string of the molecule is C\C1=C/C(c2nc(CC(N)=O)cs2)=C\C=C\OCC1. The van der Waals surface area contributed by atoms with E-state index in [9.17, 15) is 4.79 Å². The van der Waals surface area contributed by atoms with Crippen molar-refractivity contribution in [1.82, 2.24) is 4.98 Å². The monoisotopic (exact) mass is 276 g/mol. The highest BCUT2D eigenvalue weighted by atomic mass is 32.1. The van der Waals surface area contributed by atoms with Gasteiger partial charge in [-0.2, -0.15) is 0 Å². The van der Waals surface area contributed by atoms with E-state index in [4.69, 9.17) is 10.5 Å². The van der Waals surface area contributed by atoms with Gasteiger partial charge in [0.15, 0.2) is 0 Å². The topological polar surface area (TPSA) is 65.2 Å². The third-order valence-corrected chi connectivity index (χ3v) is 3.56. The van der Waals surface area contributed by atoms with Crippen molar-refractivity contribution in [2.24, 2.45) is 5.73 Å². The maximum Gasteiger partial charge on any atom is 0.223 e. The van der Waals surface area contributed by atoms with Crippen LogP contribution in [-0.2, 0) is 16.0 Å². The lowest BCUT2D eigenvalue weighted by Gasteiger charge is -2.01. The number of nitrogens with two attached hydrogens (primary N) is 1. The summed E-state index contributed by atoms with van der Waals surface area (Å²) in [5, 5.41) is 2.76. The second kappa shape index (κ2) is 6.33. The van der Waals surface area contributed by atoms with Gasteiger partial charge in [0.25, 0.3) is 0 Å². The molecule has 5 heteroatoms. The molecule has 100 valence electrons. The van der Waals surface area contributed by atoms with Gasteiger partial charge in [-0.1, -0.05) is 11.6 Å². The van der Waals surface area contributed by atoms with Gasteiger partial charge in [-0.15, -0.1) is 11.3 Å². The molecule has 0 radical (unpaired) electrons. The van der Waals surface area contributed by atoms with Crippen LogP contribution in [0.4, 0.5) is 0 Å². The number of carbonyl (C=O) groups is 1. The summed E-state index contributed by atoms with van der Waals surface area (Å²) >= 11 is 1.52. The van der Waals surface area contributed by atoms with Crippen LogP contribution in [0.15, 0.2) is 35.4 Å². The van der Waals surface area contributed by atoms with E-state index >= 15 is 0 Å². The molecule has 1 aliphatic heterocycles. The first-order chi connectivity index (χ1) is 9.15. The summed E-state index contributed by atoms with van der Waals surface area (Å²) in [7, 11) is 0. The van der Waals surface area contributed by atoms with Crippen LogP contribution in [0.5, 0.6) is 0 Å². The van der Waals surface area contributed by atoms with Gasteiger partial charge in [-0.25, -0.2) is 4.98 Å². The number of thiazole rings is 1. The zero-order valence-corrected chi connectivity index (χ0v) is 11.6. The van der Waals surface area contributed by atoms with Crippen molar-refractivity contribution in [3.8, 4) is 0 Å². The molecule has 0 aliphatic carbocycles. The molecule has 1 amide bonds. The Morgan fingerprint density at radius 2 is 2.42 bits per heavy atom. The van der Waals surface area contributed by atoms with Crippen molar-refractivity contribution in [3.63, 3.8) is 0 Å². The Hall–Kier alpha value is -1.88. The lowest BCUT2D eigenvalue weighted by molar-refractivity contribution is -0.117. The number of ether oxygens (including phenoxy) is 1. The first kappa shape index (κ1) is 13.5. The number of allylic oxidation sites excluding steroid dienone is 4. The minimum atomic E-state index is -0.361. The zero-order valence-electron chi connectivity index (χ0n) is 10.8. The van der Waals surface area contributed by atoms with Crippen LogP contribution in [0.1, 0.15) is 24.0 Å². The molecule has 0 saturated carbocycles. The molecule has 19 heavy (non-hydrogen) atoms. The predicted molar refractivity (Wildman–Crippen MR) is 76.5 cm³/mol. The second-order valence-corrected chi connectivity index (χ2v) is 5.21. The number of hydrogen-bond acceptors (Lipinski definition) is 4. The number of rotatable bonds is 3. The summed E-state index contributed by atoms with van der Waals surface area (Å²) in [5.74, 6) is -0.361. The first-order valence-corrected chi connectivity index (χ1v) is 6.92. The third-order valence-electron chi connectivity index (χ3n) is 2.62. The van der Waals surface area contributed by atoms with E-state index in [1.54, 1.807) is 6.26 Å². The van der Waals surface area contributed by atoms with Crippen molar-refractivity contribution < 1.29 is 9.53 Å². The summed E-state index contributed by atoms with van der Waals surface area (Å²) in [6.45, 7) is 2.76. The quantitative estimate of drug-likeness (QED) is 0.922. The van der Waals surface area contributed by atoms with Crippen LogP contribution in [-0.4, -0.2) is 17.5 Å². The second-order valence-electron chi connectivity index (χ2n) is 4.35. The molecule has 0 unspecified atom stereocenters. The Kier molecular flexibility index (Phi) is 4.52. The van der Waals surface area contributed by atoms with Crippen molar-refractivity contribution in [3.05, 3.63) is 46.1 Å². The highest BCUT2D eigenvalue weighted by Gasteiger charge is 2.08. The van der Waals surface area contributed by atoms with Gasteiger partial charge in [0.1, 0.15) is 5.01 Å². The highest BCUT2D eigenvalue weighted by molar-refractivity contribution is 7.10. The first-order valence-electron chi connectivity index (χ1n) is 6.04. The largest absolute Gasteiger partial charge is 0.501 e. The van der Waals surface area contributed by atoms with Crippen LogP contribution in [0.25, 0.3) is 5.57 Å². The van der Waals surface area contributed by atoms with Gasteiger partial charge < -0.3 is 10.5 Å². The zero-order chi connectivity index (χ0) is 13.7. The Bertz CT molecular complexity index is 556. The smallest absolute Gasteiger partial charge is 0.223 e. The molecule has 0 aromatic carbocycles. The summed E-state index contributed by atoms with van der Waals surface area (Å²) in [5.41, 5.74) is 8.16. The Labute approximate surface area is 116 Å². The van der Waals surface area contributed by atoms with E-state index in [0.29, 0.717) is 6.61 Å². The molecule has 0 saturated heterocycles.